The second-order valence-corrected chi connectivity index (χ2v) is 14.9. The van der Waals surface area contributed by atoms with E-state index in [0.29, 0.717) is 15.6 Å². The molecule has 0 fully saturated rings. The van der Waals surface area contributed by atoms with E-state index in [9.17, 15) is 28.4 Å². The highest BCUT2D eigenvalue weighted by Crippen LogP contribution is 2.40. The van der Waals surface area contributed by atoms with Gasteiger partial charge in [0.05, 0.1) is 21.8 Å². The van der Waals surface area contributed by atoms with Crippen LogP contribution in [0.4, 0.5) is 5.69 Å². The molecule has 0 aromatic heterocycles. The number of phenolic OH excluding ortho intramolecular Hbond substituents is 1. The number of halogens is 1. The number of amides is 1. The molecule has 0 heterocycles. The Kier molecular flexibility index (Phi) is 10.7. The Morgan fingerprint density at radius 2 is 1.61 bits per heavy atom. The lowest BCUT2D eigenvalue weighted by atomic mass is 9.78. The van der Waals surface area contributed by atoms with Gasteiger partial charge in [0.2, 0.25) is 5.91 Å². The lowest BCUT2D eigenvalue weighted by Gasteiger charge is -2.28. The van der Waals surface area contributed by atoms with Gasteiger partial charge in [0, 0.05) is 18.6 Å². The summed E-state index contributed by atoms with van der Waals surface area (Å²) in [6.45, 7) is 12.2. The fraction of sp³-hybridized carbons (Fsp3) is 0.355. The topological polar surface area (TPSA) is 157 Å². The first-order valence-corrected chi connectivity index (χ1v) is 16.1. The molecule has 0 unspecified atom stereocenters. The molecule has 3 aromatic carbocycles. The number of nitrogens with zero attached hydrogens (tertiary/aromatic N) is 2. The van der Waals surface area contributed by atoms with Gasteiger partial charge in [-0.15, -0.1) is 0 Å². The van der Waals surface area contributed by atoms with Crippen molar-refractivity contribution in [2.45, 2.75) is 70.1 Å². The van der Waals surface area contributed by atoms with Gasteiger partial charge in [-0.1, -0.05) is 53.7 Å². The fourth-order valence-corrected chi connectivity index (χ4v) is 6.10. The van der Waals surface area contributed by atoms with Crippen LogP contribution < -0.4 is 14.3 Å². The number of hydrazone groups is 1. The number of nitro groups is 1. The molecule has 236 valence electrons. The number of aryl methyl sites for hydroxylation is 1. The van der Waals surface area contributed by atoms with E-state index < -0.39 is 15.0 Å². The van der Waals surface area contributed by atoms with Crippen molar-refractivity contribution in [1.29, 1.82) is 0 Å². The van der Waals surface area contributed by atoms with E-state index in [2.05, 4.69) is 10.5 Å². The van der Waals surface area contributed by atoms with Crippen molar-refractivity contribution in [3.8, 4) is 17.2 Å². The highest BCUT2D eigenvalue weighted by molar-refractivity contribution is 14.1. The van der Waals surface area contributed by atoms with Gasteiger partial charge in [0.1, 0.15) is 10.6 Å². The van der Waals surface area contributed by atoms with Crippen molar-refractivity contribution in [1.82, 2.24) is 5.43 Å². The number of carbonyl (C=O) groups is 1. The largest absolute Gasteiger partial charge is 0.507 e. The zero-order valence-electron chi connectivity index (χ0n) is 25.6. The third-order valence-corrected chi connectivity index (χ3v) is 8.65. The zero-order valence-corrected chi connectivity index (χ0v) is 28.6. The number of nitro benzene ring substituents is 1. The smallest absolute Gasteiger partial charge is 0.339 e. The van der Waals surface area contributed by atoms with Gasteiger partial charge in [-0.25, -0.2) is 5.43 Å². The molecule has 11 nitrogen and oxygen atoms in total. The summed E-state index contributed by atoms with van der Waals surface area (Å²) in [6.07, 6.45) is 2.02. The summed E-state index contributed by atoms with van der Waals surface area (Å²) >= 11 is 1.89. The lowest BCUT2D eigenvalue weighted by Crippen LogP contribution is -2.20. The van der Waals surface area contributed by atoms with Crippen LogP contribution in [0.1, 0.15) is 70.2 Å². The van der Waals surface area contributed by atoms with Crippen molar-refractivity contribution >= 4 is 50.5 Å². The predicted molar refractivity (Wildman–Crippen MR) is 176 cm³/mol. The summed E-state index contributed by atoms with van der Waals surface area (Å²) in [4.78, 5) is 22.6. The zero-order chi connectivity index (χ0) is 33.0. The highest BCUT2D eigenvalue weighted by Gasteiger charge is 2.27. The molecule has 0 aliphatic carbocycles. The number of non-ortho nitro benzene ring substituents is 1. The maximum atomic E-state index is 12.8. The molecule has 0 saturated carbocycles. The normalized spacial score (nSPS) is 12.3. The average molecular weight is 738 g/mol. The number of hydrogen-bond donors (Lipinski definition) is 2. The van der Waals surface area contributed by atoms with Crippen LogP contribution >= 0.6 is 22.6 Å². The minimum Gasteiger partial charge on any atom is -0.507 e. The number of benzene rings is 3. The lowest BCUT2D eigenvalue weighted by molar-refractivity contribution is -0.384. The first-order chi connectivity index (χ1) is 20.3. The molecule has 3 aromatic rings. The monoisotopic (exact) mass is 737 g/mol. The number of phenols is 1. The first-order valence-electron chi connectivity index (χ1n) is 13.6. The molecule has 44 heavy (non-hydrogen) atoms. The predicted octanol–water partition coefficient (Wildman–Crippen LogP) is 6.36. The quantitative estimate of drug-likeness (QED) is 0.0801. The Morgan fingerprint density at radius 1 is 1.05 bits per heavy atom. The van der Waals surface area contributed by atoms with Crippen LogP contribution in [0.15, 0.2) is 58.5 Å². The minimum atomic E-state index is -4.32. The summed E-state index contributed by atoms with van der Waals surface area (Å²) < 4.78 is 36.7. The Morgan fingerprint density at radius 3 is 2.11 bits per heavy atom. The van der Waals surface area contributed by atoms with Crippen LogP contribution in [0.5, 0.6) is 17.2 Å². The number of nitrogens with one attached hydrogen (secondary N) is 1. The molecule has 0 aliphatic rings. The standard InChI is InChI=1S/C31H36IN3O8S/c1-30(2,3)23-14-19(15-24(28(23)37)31(4,5)6)8-13-27(36)34-33-18-20-16-25(32)29(26(17-20)42-7)43-44(40,41)22-11-9-21(10-12-22)35(38)39/h9-12,14-18,37H,8,13H2,1-7H3,(H,34,36)/b33-18-. The summed E-state index contributed by atoms with van der Waals surface area (Å²) in [5.41, 5.74) is 4.81. The molecule has 0 aliphatic heterocycles. The van der Waals surface area contributed by atoms with E-state index in [1.54, 1.807) is 6.07 Å². The maximum Gasteiger partial charge on any atom is 0.339 e. The minimum absolute atomic E-state index is 0.0641. The van der Waals surface area contributed by atoms with Crippen LogP contribution in [0.2, 0.25) is 0 Å². The second kappa shape index (κ2) is 13.5. The van der Waals surface area contributed by atoms with Crippen LogP contribution in [-0.4, -0.2) is 37.7 Å². The third-order valence-electron chi connectivity index (χ3n) is 6.61. The molecular weight excluding hydrogens is 701 g/mol. The number of aromatic hydroxyl groups is 1. The van der Waals surface area contributed by atoms with Gasteiger partial charge in [-0.05, 0) is 86.4 Å². The van der Waals surface area contributed by atoms with Crippen molar-refractivity contribution in [3.05, 3.63) is 84.5 Å². The Labute approximate surface area is 271 Å². The van der Waals surface area contributed by atoms with E-state index in [1.165, 1.54) is 19.4 Å². The SMILES string of the molecule is COc1cc(/C=N\NC(=O)CCc2cc(C(C)(C)C)c(O)c(C(C)(C)C)c2)cc(I)c1OS(=O)(=O)c1ccc([N+](=O)[O-])cc1. The molecule has 13 heteroatoms. The third kappa shape index (κ3) is 8.68. The van der Waals surface area contributed by atoms with E-state index in [0.717, 1.165) is 41.0 Å². The molecular formula is C31H36IN3O8S. The van der Waals surface area contributed by atoms with Gasteiger partial charge >= 0.3 is 10.1 Å². The second-order valence-electron chi connectivity index (χ2n) is 12.2. The summed E-state index contributed by atoms with van der Waals surface area (Å²) in [7, 11) is -2.97. The number of ether oxygens (including phenoxy) is 1. The number of carbonyl (C=O) groups excluding carboxylic acids is 1. The summed E-state index contributed by atoms with van der Waals surface area (Å²) in [5.74, 6) is 0.0190. The van der Waals surface area contributed by atoms with E-state index >= 15 is 0 Å². The van der Waals surface area contributed by atoms with Crippen molar-refractivity contribution in [3.63, 3.8) is 0 Å². The fourth-order valence-electron chi connectivity index (χ4n) is 4.26. The van der Waals surface area contributed by atoms with Gasteiger partial charge in [0.15, 0.2) is 11.5 Å². The van der Waals surface area contributed by atoms with Crippen LogP contribution in [0.25, 0.3) is 0 Å². The van der Waals surface area contributed by atoms with Crippen LogP contribution in [0, 0.1) is 13.7 Å². The van der Waals surface area contributed by atoms with Gasteiger partial charge in [0.25, 0.3) is 5.69 Å². The Bertz CT molecular complexity index is 1660. The molecule has 2 N–H and O–H groups in total. The molecule has 0 saturated heterocycles. The molecule has 0 radical (unpaired) electrons. The Hall–Kier alpha value is -3.72. The molecule has 0 spiro atoms. The summed E-state index contributed by atoms with van der Waals surface area (Å²) in [6, 6.07) is 11.3. The van der Waals surface area contributed by atoms with E-state index in [4.69, 9.17) is 8.92 Å². The van der Waals surface area contributed by atoms with Crippen molar-refractivity contribution in [2.75, 3.05) is 7.11 Å². The number of methoxy groups -OCH3 is 1. The Balaban J connectivity index is 1.71. The first kappa shape index (κ1) is 34.8. The van der Waals surface area contributed by atoms with Crippen LogP contribution in [-0.2, 0) is 32.2 Å². The maximum absolute atomic E-state index is 12.8. The van der Waals surface area contributed by atoms with Crippen molar-refractivity contribution < 1.29 is 32.2 Å². The number of hydrogen-bond acceptors (Lipinski definition) is 9. The van der Waals surface area contributed by atoms with Gasteiger partial charge < -0.3 is 14.0 Å². The summed E-state index contributed by atoms with van der Waals surface area (Å²) in [5, 5.41) is 25.8. The van der Waals surface area contributed by atoms with Gasteiger partial charge in [-0.2, -0.15) is 13.5 Å². The van der Waals surface area contributed by atoms with E-state index in [-0.39, 0.29) is 51.0 Å². The van der Waals surface area contributed by atoms with E-state index in [1.807, 2.05) is 76.3 Å². The van der Waals surface area contributed by atoms with Crippen molar-refractivity contribution in [2.24, 2.45) is 5.10 Å². The van der Waals surface area contributed by atoms with Gasteiger partial charge in [-0.3, -0.25) is 14.9 Å². The van der Waals surface area contributed by atoms with Crippen LogP contribution in [0.3, 0.4) is 0 Å². The number of rotatable bonds is 10. The molecule has 1 amide bonds. The molecule has 0 atom stereocenters. The highest BCUT2D eigenvalue weighted by atomic mass is 127. The average Bonchev–Trinajstić information content (AvgIpc) is 2.92. The molecule has 3 rings (SSSR count). The molecule has 0 bridgehead atoms.